The molecule has 0 amide bonds. The Morgan fingerprint density at radius 1 is 1.86 bits per heavy atom. The van der Waals surface area contributed by atoms with Gasteiger partial charge in [0, 0.05) is 0 Å². The molecule has 0 fully saturated rings. The van der Waals surface area contributed by atoms with Crippen molar-refractivity contribution in [1.82, 2.24) is 0 Å². The maximum Gasteiger partial charge on any atom is 0.116 e. The van der Waals surface area contributed by atoms with Gasteiger partial charge in [0.1, 0.15) is 6.23 Å². The number of aliphatic hydroxyl groups is 1. The third-order valence-corrected chi connectivity index (χ3v) is 0.775. The lowest BCUT2D eigenvalue weighted by molar-refractivity contribution is 0.149. The van der Waals surface area contributed by atoms with Crippen LogP contribution in [0.3, 0.4) is 0 Å². The lowest BCUT2D eigenvalue weighted by Gasteiger charge is -2.04. The van der Waals surface area contributed by atoms with E-state index in [-0.39, 0.29) is 5.92 Å². The Hall–Kier alpha value is -0.520. The summed E-state index contributed by atoms with van der Waals surface area (Å²) in [6.45, 7) is 1.69. The first-order valence-electron chi connectivity index (χ1n) is 2.08. The molecule has 0 aromatic rings. The van der Waals surface area contributed by atoms with Crippen LogP contribution in [0.4, 0.5) is 0 Å². The van der Waals surface area contributed by atoms with E-state index in [1.165, 1.54) is 0 Å². The van der Waals surface area contributed by atoms with Gasteiger partial charge in [0.2, 0.25) is 0 Å². The van der Waals surface area contributed by atoms with Crippen LogP contribution in [0.1, 0.15) is 6.92 Å². The molecule has 0 rings (SSSR count). The molecule has 2 heteroatoms. The summed E-state index contributed by atoms with van der Waals surface area (Å²) in [6.07, 6.45) is 4.01. The quantitative estimate of drug-likeness (QED) is 0.345. The lowest BCUT2D eigenvalue weighted by Crippen LogP contribution is -2.25. The van der Waals surface area contributed by atoms with Gasteiger partial charge in [-0.05, 0) is 6.92 Å². The summed E-state index contributed by atoms with van der Waals surface area (Å²) in [6, 6.07) is 0. The van der Waals surface area contributed by atoms with Crippen molar-refractivity contribution >= 4 is 0 Å². The summed E-state index contributed by atoms with van der Waals surface area (Å²) < 4.78 is 0. The molecule has 0 aromatic carbocycles. The fourth-order valence-electron chi connectivity index (χ4n) is 0.0986. The smallest absolute Gasteiger partial charge is 0.116 e. The minimum Gasteiger partial charge on any atom is -0.378 e. The zero-order valence-electron chi connectivity index (χ0n) is 4.26. The topological polar surface area (TPSA) is 46.2 Å². The second kappa shape index (κ2) is 2.62. The highest BCUT2D eigenvalue weighted by molar-refractivity contribution is 4.92. The largest absolute Gasteiger partial charge is 0.378 e. The number of hydrogen-bond donors (Lipinski definition) is 2. The van der Waals surface area contributed by atoms with Gasteiger partial charge < -0.3 is 10.8 Å². The van der Waals surface area contributed by atoms with Gasteiger partial charge in [0.25, 0.3) is 0 Å². The minimum absolute atomic E-state index is 0.236. The number of hydrogen-bond acceptors (Lipinski definition) is 2. The van der Waals surface area contributed by atoms with Crippen molar-refractivity contribution in [2.75, 3.05) is 0 Å². The molecule has 0 radical (unpaired) electrons. The summed E-state index contributed by atoms with van der Waals surface area (Å²) in [5, 5.41) is 8.46. The Morgan fingerprint density at radius 3 is 2.29 bits per heavy atom. The highest BCUT2D eigenvalue weighted by atomic mass is 16.3. The van der Waals surface area contributed by atoms with E-state index in [0.717, 1.165) is 0 Å². The predicted molar refractivity (Wildman–Crippen MR) is 28.2 cm³/mol. The van der Waals surface area contributed by atoms with E-state index in [1.807, 2.05) is 0 Å². The van der Waals surface area contributed by atoms with E-state index in [4.69, 9.17) is 17.3 Å². The molecule has 7 heavy (non-hydrogen) atoms. The maximum atomic E-state index is 8.46. The molecule has 3 N–H and O–H groups in total. The van der Waals surface area contributed by atoms with Gasteiger partial charge in [-0.15, -0.1) is 6.42 Å². The van der Waals surface area contributed by atoms with Gasteiger partial charge in [-0.3, -0.25) is 0 Å². The molecule has 0 aromatic heterocycles. The van der Waals surface area contributed by atoms with Gasteiger partial charge >= 0.3 is 0 Å². The highest BCUT2D eigenvalue weighted by Gasteiger charge is 2.01. The number of rotatable bonds is 1. The highest BCUT2D eigenvalue weighted by Crippen LogP contribution is 1.91. The second-order valence-corrected chi connectivity index (χ2v) is 1.45. The van der Waals surface area contributed by atoms with Crippen LogP contribution in [0.2, 0.25) is 0 Å². The van der Waals surface area contributed by atoms with Gasteiger partial charge in [0.15, 0.2) is 0 Å². The molecule has 0 heterocycles. The van der Waals surface area contributed by atoms with Crippen LogP contribution in [-0.2, 0) is 0 Å². The van der Waals surface area contributed by atoms with Gasteiger partial charge in [-0.2, -0.15) is 0 Å². The van der Waals surface area contributed by atoms with E-state index in [2.05, 4.69) is 5.92 Å². The molecule has 1 unspecified atom stereocenters. The molecule has 0 saturated carbocycles. The van der Waals surface area contributed by atoms with Crippen LogP contribution in [-0.4, -0.2) is 11.3 Å². The number of terminal acetylenes is 1. The minimum atomic E-state index is -0.870. The van der Waals surface area contributed by atoms with Crippen molar-refractivity contribution in [2.45, 2.75) is 13.2 Å². The molecule has 2 nitrogen and oxygen atoms in total. The van der Waals surface area contributed by atoms with Crippen molar-refractivity contribution in [2.24, 2.45) is 11.7 Å². The van der Waals surface area contributed by atoms with E-state index in [9.17, 15) is 0 Å². The Labute approximate surface area is 43.3 Å². The third kappa shape index (κ3) is 2.21. The van der Waals surface area contributed by atoms with E-state index in [0.29, 0.717) is 0 Å². The van der Waals surface area contributed by atoms with Crippen molar-refractivity contribution in [3.63, 3.8) is 0 Å². The summed E-state index contributed by atoms with van der Waals surface area (Å²) >= 11 is 0. The summed E-state index contributed by atoms with van der Waals surface area (Å²) in [4.78, 5) is 0. The molecule has 0 aliphatic heterocycles. The fraction of sp³-hybridized carbons (Fsp3) is 0.600. The SMILES string of the molecule is C#C[C@H](C)C(N)O. The van der Waals surface area contributed by atoms with Crippen molar-refractivity contribution in [3.05, 3.63) is 0 Å². The zero-order valence-corrected chi connectivity index (χ0v) is 4.26. The first kappa shape index (κ1) is 6.48. The van der Waals surface area contributed by atoms with Crippen LogP contribution < -0.4 is 5.73 Å². The van der Waals surface area contributed by atoms with Crippen LogP contribution in [0.5, 0.6) is 0 Å². The molecule has 2 atom stereocenters. The van der Waals surface area contributed by atoms with Gasteiger partial charge in [-0.1, -0.05) is 5.92 Å². The monoisotopic (exact) mass is 99.1 g/mol. The van der Waals surface area contributed by atoms with Crippen molar-refractivity contribution < 1.29 is 5.11 Å². The first-order valence-corrected chi connectivity index (χ1v) is 2.08. The molecule has 0 spiro atoms. The van der Waals surface area contributed by atoms with Crippen molar-refractivity contribution in [1.29, 1.82) is 0 Å². The van der Waals surface area contributed by atoms with Gasteiger partial charge in [-0.25, -0.2) is 0 Å². The lowest BCUT2D eigenvalue weighted by atomic mass is 10.2. The van der Waals surface area contributed by atoms with Crippen molar-refractivity contribution in [3.8, 4) is 12.3 Å². The maximum absolute atomic E-state index is 8.46. The van der Waals surface area contributed by atoms with E-state index >= 15 is 0 Å². The zero-order chi connectivity index (χ0) is 5.86. The first-order chi connectivity index (χ1) is 3.18. The van der Waals surface area contributed by atoms with Crippen LogP contribution in [0.15, 0.2) is 0 Å². The van der Waals surface area contributed by atoms with Crippen LogP contribution in [0, 0.1) is 18.3 Å². The Balaban J connectivity index is 3.40. The standard InChI is InChI=1S/C5H9NO/c1-3-4(2)5(6)7/h1,4-5,7H,6H2,2H3/t4-,5?/m0/s1. The third-order valence-electron chi connectivity index (χ3n) is 0.775. The predicted octanol–water partition coefficient (Wildman–Crippen LogP) is -0.467. The Bertz CT molecular complexity index is 82.6. The Morgan fingerprint density at radius 2 is 2.29 bits per heavy atom. The fourth-order valence-corrected chi connectivity index (χ4v) is 0.0986. The average molecular weight is 99.1 g/mol. The average Bonchev–Trinajstić information content (AvgIpc) is 1.65. The summed E-state index contributed by atoms with van der Waals surface area (Å²) in [5.41, 5.74) is 4.96. The molecular weight excluding hydrogens is 90.1 g/mol. The summed E-state index contributed by atoms with van der Waals surface area (Å²) in [5.74, 6) is 2.05. The van der Waals surface area contributed by atoms with E-state index < -0.39 is 6.23 Å². The molecule has 0 aliphatic rings. The van der Waals surface area contributed by atoms with Crippen LogP contribution >= 0.6 is 0 Å². The number of aliphatic hydroxyl groups excluding tert-OH is 1. The molecule has 40 valence electrons. The summed E-state index contributed by atoms with van der Waals surface area (Å²) in [7, 11) is 0. The Kier molecular flexibility index (Phi) is 2.42. The molecule has 0 aliphatic carbocycles. The molecule has 0 saturated heterocycles. The normalized spacial score (nSPS) is 17.4. The molecule has 0 bridgehead atoms. The van der Waals surface area contributed by atoms with Gasteiger partial charge in [0.05, 0.1) is 5.92 Å². The second-order valence-electron chi connectivity index (χ2n) is 1.45. The molecular formula is C5H9NO. The van der Waals surface area contributed by atoms with E-state index in [1.54, 1.807) is 6.92 Å². The van der Waals surface area contributed by atoms with Crippen LogP contribution in [0.25, 0.3) is 0 Å². The number of nitrogens with two attached hydrogens (primary N) is 1.